The zero-order chi connectivity index (χ0) is 14.0. The van der Waals surface area contributed by atoms with Gasteiger partial charge in [-0.25, -0.2) is 4.98 Å². The lowest BCUT2D eigenvalue weighted by Crippen LogP contribution is -2.24. The highest BCUT2D eigenvalue weighted by Crippen LogP contribution is 2.11. The van der Waals surface area contributed by atoms with Crippen LogP contribution in [0.1, 0.15) is 27.2 Å². The molecule has 0 aliphatic heterocycles. The van der Waals surface area contributed by atoms with Gasteiger partial charge in [0.15, 0.2) is 5.78 Å². The van der Waals surface area contributed by atoms with Crippen LogP contribution in [0.15, 0.2) is 35.4 Å². The van der Waals surface area contributed by atoms with E-state index in [2.05, 4.69) is 4.98 Å². The molecular formula is C15H16N2O2. The number of benzene rings is 1. The van der Waals surface area contributed by atoms with Crippen LogP contribution in [-0.4, -0.2) is 15.3 Å². The summed E-state index contributed by atoms with van der Waals surface area (Å²) in [5.74, 6) is -0.0785. The first-order valence-corrected chi connectivity index (χ1v) is 6.11. The van der Waals surface area contributed by atoms with Crippen molar-refractivity contribution in [2.24, 2.45) is 0 Å². The Hall–Kier alpha value is -2.23. The second-order valence-electron chi connectivity index (χ2n) is 4.74. The SMILES string of the molecule is Cc1ccc(C(=O)Cn2cnc(C)cc2=O)c(C)c1. The lowest BCUT2D eigenvalue weighted by Gasteiger charge is -2.08. The van der Waals surface area contributed by atoms with Crippen molar-refractivity contribution in [3.8, 4) is 0 Å². The van der Waals surface area contributed by atoms with Crippen LogP contribution in [0, 0.1) is 20.8 Å². The summed E-state index contributed by atoms with van der Waals surface area (Å²) in [6.45, 7) is 5.65. The normalized spacial score (nSPS) is 10.5. The highest BCUT2D eigenvalue weighted by molar-refractivity contribution is 5.97. The predicted molar refractivity (Wildman–Crippen MR) is 73.5 cm³/mol. The van der Waals surface area contributed by atoms with Crippen molar-refractivity contribution < 1.29 is 4.79 Å². The summed E-state index contributed by atoms with van der Waals surface area (Å²) in [5.41, 5.74) is 3.14. The topological polar surface area (TPSA) is 52.0 Å². The van der Waals surface area contributed by atoms with Gasteiger partial charge in [0, 0.05) is 17.3 Å². The molecule has 19 heavy (non-hydrogen) atoms. The van der Waals surface area contributed by atoms with Gasteiger partial charge in [0.25, 0.3) is 5.56 Å². The fraction of sp³-hybridized carbons (Fsp3) is 0.267. The van der Waals surface area contributed by atoms with Crippen LogP contribution in [0.5, 0.6) is 0 Å². The number of hydrogen-bond acceptors (Lipinski definition) is 3. The smallest absolute Gasteiger partial charge is 0.253 e. The molecule has 2 aromatic rings. The van der Waals surface area contributed by atoms with E-state index in [1.165, 1.54) is 17.0 Å². The van der Waals surface area contributed by atoms with Crippen LogP contribution in [0.25, 0.3) is 0 Å². The third-order valence-electron chi connectivity index (χ3n) is 3.01. The number of hydrogen-bond donors (Lipinski definition) is 0. The Morgan fingerprint density at radius 2 is 1.95 bits per heavy atom. The molecule has 1 aromatic carbocycles. The molecule has 0 spiro atoms. The van der Waals surface area contributed by atoms with E-state index in [0.29, 0.717) is 11.3 Å². The van der Waals surface area contributed by atoms with Crippen molar-refractivity contribution in [2.75, 3.05) is 0 Å². The van der Waals surface area contributed by atoms with Gasteiger partial charge < -0.3 is 0 Å². The minimum Gasteiger partial charge on any atom is -0.292 e. The Morgan fingerprint density at radius 1 is 1.21 bits per heavy atom. The van der Waals surface area contributed by atoms with Crippen molar-refractivity contribution in [2.45, 2.75) is 27.3 Å². The highest BCUT2D eigenvalue weighted by Gasteiger charge is 2.10. The van der Waals surface area contributed by atoms with E-state index in [4.69, 9.17) is 0 Å². The average Bonchev–Trinajstić information content (AvgIpc) is 2.32. The summed E-state index contributed by atoms with van der Waals surface area (Å²) >= 11 is 0. The lowest BCUT2D eigenvalue weighted by atomic mass is 10.0. The fourth-order valence-electron chi connectivity index (χ4n) is 2.00. The molecule has 2 rings (SSSR count). The average molecular weight is 256 g/mol. The molecule has 1 heterocycles. The molecular weight excluding hydrogens is 240 g/mol. The monoisotopic (exact) mass is 256 g/mol. The Bertz CT molecular complexity index is 687. The van der Waals surface area contributed by atoms with Gasteiger partial charge in [0.05, 0.1) is 12.9 Å². The number of aryl methyl sites for hydroxylation is 3. The van der Waals surface area contributed by atoms with Gasteiger partial charge in [-0.2, -0.15) is 0 Å². The predicted octanol–water partition coefficient (Wildman–Crippen LogP) is 2.05. The molecule has 98 valence electrons. The Kier molecular flexibility index (Phi) is 3.60. The number of Topliss-reactive ketones (excluding diaryl/α,β-unsaturated/α-hetero) is 1. The van der Waals surface area contributed by atoms with Gasteiger partial charge >= 0.3 is 0 Å². The molecule has 0 fully saturated rings. The molecule has 0 atom stereocenters. The molecule has 0 bridgehead atoms. The number of aromatic nitrogens is 2. The molecule has 0 aliphatic rings. The van der Waals surface area contributed by atoms with Gasteiger partial charge in [-0.1, -0.05) is 23.8 Å². The third-order valence-corrected chi connectivity index (χ3v) is 3.01. The van der Waals surface area contributed by atoms with E-state index in [9.17, 15) is 9.59 Å². The minimum atomic E-state index is -0.203. The van der Waals surface area contributed by atoms with E-state index < -0.39 is 0 Å². The van der Waals surface area contributed by atoms with Crippen LogP contribution in [-0.2, 0) is 6.54 Å². The molecule has 0 unspecified atom stereocenters. The number of carbonyl (C=O) groups excluding carboxylic acids is 1. The summed E-state index contributed by atoms with van der Waals surface area (Å²) in [5, 5.41) is 0. The molecule has 0 aliphatic carbocycles. The maximum Gasteiger partial charge on any atom is 0.253 e. The Balaban J connectivity index is 2.28. The van der Waals surface area contributed by atoms with E-state index >= 15 is 0 Å². The molecule has 0 amide bonds. The van der Waals surface area contributed by atoms with Crippen molar-refractivity contribution in [1.82, 2.24) is 9.55 Å². The van der Waals surface area contributed by atoms with E-state index in [0.717, 1.165) is 11.1 Å². The molecule has 1 aromatic heterocycles. The van der Waals surface area contributed by atoms with Gasteiger partial charge in [0.2, 0.25) is 0 Å². The second-order valence-corrected chi connectivity index (χ2v) is 4.74. The number of nitrogens with zero attached hydrogens (tertiary/aromatic N) is 2. The van der Waals surface area contributed by atoms with Crippen LogP contribution < -0.4 is 5.56 Å². The van der Waals surface area contributed by atoms with Gasteiger partial charge in [0.1, 0.15) is 0 Å². The van der Waals surface area contributed by atoms with E-state index in [-0.39, 0.29) is 17.9 Å². The maximum atomic E-state index is 12.2. The van der Waals surface area contributed by atoms with E-state index in [1.54, 1.807) is 13.0 Å². The summed E-state index contributed by atoms with van der Waals surface area (Å²) in [6, 6.07) is 7.09. The van der Waals surface area contributed by atoms with Crippen molar-refractivity contribution in [3.05, 3.63) is 63.3 Å². The Labute approximate surface area is 111 Å². The molecule has 4 nitrogen and oxygen atoms in total. The molecule has 0 N–H and O–H groups in total. The third kappa shape index (κ3) is 2.96. The molecule has 0 saturated heterocycles. The summed E-state index contributed by atoms with van der Waals surface area (Å²) < 4.78 is 1.33. The van der Waals surface area contributed by atoms with E-state index in [1.807, 2.05) is 26.0 Å². The number of ketones is 1. The van der Waals surface area contributed by atoms with Gasteiger partial charge in [-0.15, -0.1) is 0 Å². The quantitative estimate of drug-likeness (QED) is 0.790. The van der Waals surface area contributed by atoms with Crippen LogP contribution in [0.4, 0.5) is 0 Å². The number of carbonyl (C=O) groups is 1. The molecule has 0 saturated carbocycles. The first kappa shape index (κ1) is 13.2. The van der Waals surface area contributed by atoms with Gasteiger partial charge in [-0.05, 0) is 26.3 Å². The number of rotatable bonds is 3. The molecule has 4 heteroatoms. The highest BCUT2D eigenvalue weighted by atomic mass is 16.1. The zero-order valence-corrected chi connectivity index (χ0v) is 11.3. The van der Waals surface area contributed by atoms with Crippen LogP contribution in [0.2, 0.25) is 0 Å². The lowest BCUT2D eigenvalue weighted by molar-refractivity contribution is 0.0969. The Morgan fingerprint density at radius 3 is 2.58 bits per heavy atom. The maximum absolute atomic E-state index is 12.2. The van der Waals surface area contributed by atoms with Gasteiger partial charge in [-0.3, -0.25) is 14.2 Å². The largest absolute Gasteiger partial charge is 0.292 e. The van der Waals surface area contributed by atoms with Crippen LogP contribution >= 0.6 is 0 Å². The van der Waals surface area contributed by atoms with Crippen molar-refractivity contribution >= 4 is 5.78 Å². The van der Waals surface area contributed by atoms with Crippen molar-refractivity contribution in [1.29, 1.82) is 0 Å². The molecule has 0 radical (unpaired) electrons. The summed E-state index contributed by atoms with van der Waals surface area (Å²) in [6.07, 6.45) is 1.42. The minimum absolute atomic E-state index is 0.0238. The fourth-order valence-corrected chi connectivity index (χ4v) is 2.00. The standard InChI is InChI=1S/C15H16N2O2/c1-10-4-5-13(11(2)6-10)14(18)8-17-9-16-12(3)7-15(17)19/h4-7,9H,8H2,1-3H3. The zero-order valence-electron chi connectivity index (χ0n) is 11.3. The summed E-state index contributed by atoms with van der Waals surface area (Å²) in [4.78, 5) is 27.9. The second kappa shape index (κ2) is 5.18. The van der Waals surface area contributed by atoms with Crippen molar-refractivity contribution in [3.63, 3.8) is 0 Å². The van der Waals surface area contributed by atoms with Crippen LogP contribution in [0.3, 0.4) is 0 Å². The first-order chi connectivity index (χ1) is 8.97. The summed E-state index contributed by atoms with van der Waals surface area (Å²) in [7, 11) is 0. The first-order valence-electron chi connectivity index (χ1n) is 6.11.